The van der Waals surface area contributed by atoms with Gasteiger partial charge >= 0.3 is 11.9 Å². The van der Waals surface area contributed by atoms with E-state index in [9.17, 15) is 14.4 Å². The van der Waals surface area contributed by atoms with E-state index in [0.29, 0.717) is 13.0 Å². The monoisotopic (exact) mass is 535 g/mol. The first kappa shape index (κ1) is 30.0. The maximum absolute atomic E-state index is 11.9. The lowest BCUT2D eigenvalue weighted by Gasteiger charge is -2.16. The lowest BCUT2D eigenvalue weighted by atomic mass is 10.0. The maximum Gasteiger partial charge on any atom is 0.335 e. The molecule has 2 unspecified atom stereocenters. The number of aliphatic carboxylic acids is 2. The number of carboxylic acids is 2. The molecule has 37 heavy (non-hydrogen) atoms. The second kappa shape index (κ2) is 14.5. The summed E-state index contributed by atoms with van der Waals surface area (Å²) >= 11 is 6.48. The number of aliphatic hydroxyl groups is 2. The third-order valence-electron chi connectivity index (χ3n) is 5.59. The van der Waals surface area contributed by atoms with E-state index in [4.69, 9.17) is 32.0 Å². The fourth-order valence-electron chi connectivity index (χ4n) is 3.73. The molecule has 1 amide bonds. The van der Waals surface area contributed by atoms with Crippen molar-refractivity contribution in [2.24, 2.45) is 0 Å². The third kappa shape index (κ3) is 9.66. The SMILES string of the molecule is CC(C)NC(=O)Cc1ccc(CNc2c(Cl)ccc3c2CCNCC3)cc1.O=C(O)C(O)C(O)C(=O)O. The molecule has 2 aromatic carbocycles. The quantitative estimate of drug-likeness (QED) is 0.252. The van der Waals surface area contributed by atoms with Crippen molar-refractivity contribution in [3.05, 3.63) is 63.7 Å². The molecule has 2 atom stereocenters. The van der Waals surface area contributed by atoms with Crippen molar-refractivity contribution in [3.8, 4) is 0 Å². The van der Waals surface area contributed by atoms with Crippen LogP contribution in [-0.2, 0) is 40.2 Å². The zero-order valence-corrected chi connectivity index (χ0v) is 21.6. The summed E-state index contributed by atoms with van der Waals surface area (Å²) in [5, 5.41) is 43.2. The fourth-order valence-corrected chi connectivity index (χ4v) is 3.97. The van der Waals surface area contributed by atoms with Crippen LogP contribution in [0.3, 0.4) is 0 Å². The lowest BCUT2D eigenvalue weighted by molar-refractivity contribution is -0.165. The van der Waals surface area contributed by atoms with Gasteiger partial charge in [-0.25, -0.2) is 9.59 Å². The van der Waals surface area contributed by atoms with E-state index in [0.717, 1.165) is 42.2 Å². The molecule has 0 aromatic heterocycles. The molecule has 1 aliphatic heterocycles. The van der Waals surface area contributed by atoms with E-state index in [1.807, 2.05) is 32.0 Å². The number of nitrogens with one attached hydrogen (secondary N) is 3. The van der Waals surface area contributed by atoms with Crippen LogP contribution in [0.1, 0.15) is 36.1 Å². The van der Waals surface area contributed by atoms with Crippen LogP contribution in [0.15, 0.2) is 36.4 Å². The summed E-state index contributed by atoms with van der Waals surface area (Å²) in [6, 6.07) is 12.5. The molecule has 0 aliphatic carbocycles. The van der Waals surface area contributed by atoms with Gasteiger partial charge in [0.2, 0.25) is 5.91 Å². The highest BCUT2D eigenvalue weighted by Gasteiger charge is 2.29. The molecule has 0 bridgehead atoms. The Morgan fingerprint density at radius 2 is 1.49 bits per heavy atom. The van der Waals surface area contributed by atoms with Gasteiger partial charge in [-0.2, -0.15) is 0 Å². The Kier molecular flexibility index (Phi) is 11.8. The number of carbonyl (C=O) groups is 3. The van der Waals surface area contributed by atoms with Gasteiger partial charge in [-0.3, -0.25) is 4.79 Å². The predicted molar refractivity (Wildman–Crippen MR) is 140 cm³/mol. The second-order valence-corrected chi connectivity index (χ2v) is 9.35. The van der Waals surface area contributed by atoms with Crippen LogP contribution in [0.4, 0.5) is 5.69 Å². The number of hydrogen-bond acceptors (Lipinski definition) is 7. The van der Waals surface area contributed by atoms with Gasteiger partial charge in [0.15, 0.2) is 12.2 Å². The number of carbonyl (C=O) groups excluding carboxylic acids is 1. The number of hydrogen-bond donors (Lipinski definition) is 7. The Hall–Kier alpha value is -3.18. The van der Waals surface area contributed by atoms with Crippen LogP contribution in [0.2, 0.25) is 5.02 Å². The standard InChI is InChI=1S/C22H28ClN3O.C4H6O6/c1-15(2)26-21(27)13-16-3-5-17(6-4-16)14-25-22-19-10-12-24-11-9-18(19)7-8-20(22)23;5-1(3(7)8)2(6)4(9)10/h3-8,15,24-25H,9-14H2,1-2H3,(H,26,27);1-2,5-6H,(H,7,8)(H,9,10). The van der Waals surface area contributed by atoms with E-state index < -0.39 is 24.1 Å². The fraction of sp³-hybridized carbons (Fsp3) is 0.423. The summed E-state index contributed by atoms with van der Waals surface area (Å²) in [4.78, 5) is 31.4. The molecule has 1 aliphatic rings. The summed E-state index contributed by atoms with van der Waals surface area (Å²) in [6.07, 6.45) is -2.09. The molecular weight excluding hydrogens is 502 g/mol. The first-order valence-electron chi connectivity index (χ1n) is 11.9. The summed E-state index contributed by atoms with van der Waals surface area (Å²) < 4.78 is 0. The Morgan fingerprint density at radius 1 is 0.919 bits per heavy atom. The molecule has 10 nitrogen and oxygen atoms in total. The minimum atomic E-state index is -2.27. The lowest BCUT2D eigenvalue weighted by Crippen LogP contribution is -2.39. The van der Waals surface area contributed by atoms with Crippen molar-refractivity contribution < 1.29 is 34.8 Å². The van der Waals surface area contributed by atoms with E-state index >= 15 is 0 Å². The number of fused-ring (bicyclic) bond motifs is 1. The third-order valence-corrected chi connectivity index (χ3v) is 5.91. The van der Waals surface area contributed by atoms with Crippen molar-refractivity contribution in [1.29, 1.82) is 0 Å². The van der Waals surface area contributed by atoms with E-state index in [1.165, 1.54) is 16.7 Å². The highest BCUT2D eigenvalue weighted by Crippen LogP contribution is 2.31. The van der Waals surface area contributed by atoms with Gasteiger partial charge in [0, 0.05) is 12.6 Å². The van der Waals surface area contributed by atoms with Crippen molar-refractivity contribution >= 4 is 35.1 Å². The van der Waals surface area contributed by atoms with Crippen molar-refractivity contribution in [3.63, 3.8) is 0 Å². The van der Waals surface area contributed by atoms with Gasteiger partial charge in [-0.15, -0.1) is 0 Å². The molecule has 0 radical (unpaired) electrons. The minimum absolute atomic E-state index is 0.0586. The van der Waals surface area contributed by atoms with Gasteiger partial charge in [0.05, 0.1) is 17.1 Å². The van der Waals surface area contributed by atoms with Crippen molar-refractivity contribution in [2.45, 2.75) is 57.9 Å². The van der Waals surface area contributed by atoms with Gasteiger partial charge in [-0.05, 0) is 68.1 Å². The number of aliphatic hydroxyl groups excluding tert-OH is 2. The topological polar surface area (TPSA) is 168 Å². The average molecular weight is 536 g/mol. The molecule has 2 aromatic rings. The summed E-state index contributed by atoms with van der Waals surface area (Å²) in [7, 11) is 0. The molecular formula is C26H34ClN3O7. The van der Waals surface area contributed by atoms with Gasteiger partial charge in [0.1, 0.15) is 0 Å². The van der Waals surface area contributed by atoms with Crippen molar-refractivity contribution in [2.75, 3.05) is 18.4 Å². The van der Waals surface area contributed by atoms with Gasteiger partial charge in [-0.1, -0.05) is 41.9 Å². The number of amides is 1. The van der Waals surface area contributed by atoms with E-state index in [-0.39, 0.29) is 11.9 Å². The molecule has 202 valence electrons. The van der Waals surface area contributed by atoms with Crippen LogP contribution in [0, 0.1) is 0 Å². The number of benzene rings is 2. The number of halogens is 1. The molecule has 7 N–H and O–H groups in total. The molecule has 3 rings (SSSR count). The van der Waals surface area contributed by atoms with Crippen LogP contribution >= 0.6 is 11.6 Å². The molecule has 0 saturated carbocycles. The first-order chi connectivity index (χ1) is 17.5. The van der Waals surface area contributed by atoms with Crippen LogP contribution in [0.25, 0.3) is 0 Å². The molecule has 0 saturated heterocycles. The highest BCUT2D eigenvalue weighted by atomic mass is 35.5. The Labute approximate surface area is 220 Å². The Bertz CT molecular complexity index is 1060. The molecule has 0 spiro atoms. The van der Waals surface area contributed by atoms with Gasteiger partial charge in [0.25, 0.3) is 0 Å². The summed E-state index contributed by atoms with van der Waals surface area (Å²) in [5.74, 6) is -3.48. The second-order valence-electron chi connectivity index (χ2n) is 8.95. The Morgan fingerprint density at radius 3 is 2.05 bits per heavy atom. The summed E-state index contributed by atoms with van der Waals surface area (Å²) in [6.45, 7) is 6.65. The van der Waals surface area contributed by atoms with E-state index in [1.54, 1.807) is 0 Å². The predicted octanol–water partition coefficient (Wildman–Crippen LogP) is 1.58. The van der Waals surface area contributed by atoms with Crippen LogP contribution in [-0.4, -0.2) is 69.6 Å². The van der Waals surface area contributed by atoms with Crippen LogP contribution < -0.4 is 16.0 Å². The normalized spacial score (nSPS) is 14.3. The molecule has 11 heteroatoms. The number of rotatable bonds is 9. The minimum Gasteiger partial charge on any atom is -0.479 e. The van der Waals surface area contributed by atoms with Gasteiger partial charge < -0.3 is 36.4 Å². The van der Waals surface area contributed by atoms with Crippen molar-refractivity contribution in [1.82, 2.24) is 10.6 Å². The number of anilines is 1. The first-order valence-corrected chi connectivity index (χ1v) is 12.3. The maximum atomic E-state index is 11.9. The highest BCUT2D eigenvalue weighted by molar-refractivity contribution is 6.33. The Balaban J connectivity index is 0.000000410. The number of carboxylic acid groups (broad SMARTS) is 2. The molecule has 0 fully saturated rings. The zero-order chi connectivity index (χ0) is 27.5. The largest absolute Gasteiger partial charge is 0.479 e. The smallest absolute Gasteiger partial charge is 0.335 e. The zero-order valence-electron chi connectivity index (χ0n) is 20.8. The van der Waals surface area contributed by atoms with Crippen LogP contribution in [0.5, 0.6) is 0 Å². The van der Waals surface area contributed by atoms with E-state index in [2.05, 4.69) is 34.1 Å². The average Bonchev–Trinajstić information content (AvgIpc) is 3.09. The molecule has 1 heterocycles. The summed E-state index contributed by atoms with van der Waals surface area (Å²) in [5.41, 5.74) is 5.95.